The Morgan fingerprint density at radius 2 is 2.24 bits per heavy atom. The van der Waals surface area contributed by atoms with Crippen molar-refractivity contribution in [2.75, 3.05) is 19.6 Å². The molecule has 94 valence electrons. The number of nitrogens with zero attached hydrogens (tertiary/aromatic N) is 1. The van der Waals surface area contributed by atoms with Crippen molar-refractivity contribution in [3.63, 3.8) is 0 Å². The van der Waals surface area contributed by atoms with Crippen molar-refractivity contribution in [2.45, 2.75) is 33.4 Å². The van der Waals surface area contributed by atoms with Gasteiger partial charge in [0.2, 0.25) is 0 Å². The number of nitrogens with one attached hydrogen (secondary N) is 1. The Morgan fingerprint density at radius 3 is 2.94 bits per heavy atom. The first-order valence-electron chi connectivity index (χ1n) is 6.66. The predicted octanol–water partition coefficient (Wildman–Crippen LogP) is 2.42. The summed E-state index contributed by atoms with van der Waals surface area (Å²) >= 11 is 0. The highest BCUT2D eigenvalue weighted by Gasteiger charge is 2.21. The van der Waals surface area contributed by atoms with Gasteiger partial charge in [-0.05, 0) is 18.4 Å². The second-order valence-corrected chi connectivity index (χ2v) is 5.53. The third-order valence-electron chi connectivity index (χ3n) is 3.58. The van der Waals surface area contributed by atoms with Gasteiger partial charge in [0.25, 0.3) is 0 Å². The molecule has 2 rings (SSSR count). The Labute approximate surface area is 105 Å². The lowest BCUT2D eigenvalue weighted by Crippen LogP contribution is -2.52. The monoisotopic (exact) mass is 232 g/mol. The van der Waals surface area contributed by atoms with Crippen LogP contribution in [-0.4, -0.2) is 30.6 Å². The summed E-state index contributed by atoms with van der Waals surface area (Å²) in [7, 11) is 0. The van der Waals surface area contributed by atoms with Gasteiger partial charge in [-0.3, -0.25) is 4.90 Å². The molecule has 0 bridgehead atoms. The van der Waals surface area contributed by atoms with Crippen LogP contribution in [0.1, 0.15) is 25.0 Å². The molecule has 0 amide bonds. The Kier molecular flexibility index (Phi) is 4.19. The molecule has 1 atom stereocenters. The summed E-state index contributed by atoms with van der Waals surface area (Å²) < 4.78 is 0. The molecule has 0 aromatic heterocycles. The zero-order chi connectivity index (χ0) is 12.3. The van der Waals surface area contributed by atoms with E-state index in [1.54, 1.807) is 0 Å². The van der Waals surface area contributed by atoms with Crippen LogP contribution in [0.3, 0.4) is 0 Å². The van der Waals surface area contributed by atoms with Crippen LogP contribution in [0.5, 0.6) is 0 Å². The van der Waals surface area contributed by atoms with E-state index in [4.69, 9.17) is 0 Å². The number of aryl methyl sites for hydroxylation is 1. The Bertz CT molecular complexity index is 360. The van der Waals surface area contributed by atoms with Gasteiger partial charge in [0.05, 0.1) is 0 Å². The minimum Gasteiger partial charge on any atom is -0.311 e. The van der Waals surface area contributed by atoms with E-state index in [1.807, 2.05) is 0 Å². The molecular formula is C15H24N2. The third kappa shape index (κ3) is 3.55. The minimum absolute atomic E-state index is 0.647. The van der Waals surface area contributed by atoms with E-state index in [9.17, 15) is 0 Å². The number of hydrogen-bond acceptors (Lipinski definition) is 2. The second-order valence-electron chi connectivity index (χ2n) is 5.53. The van der Waals surface area contributed by atoms with Gasteiger partial charge in [0.1, 0.15) is 0 Å². The Balaban J connectivity index is 1.94. The number of rotatable bonds is 3. The molecule has 1 aromatic rings. The quantitative estimate of drug-likeness (QED) is 0.861. The van der Waals surface area contributed by atoms with E-state index >= 15 is 0 Å². The first kappa shape index (κ1) is 12.6. The van der Waals surface area contributed by atoms with Crippen LogP contribution in [0.2, 0.25) is 0 Å². The smallest absolute Gasteiger partial charge is 0.0235 e. The highest BCUT2D eigenvalue weighted by molar-refractivity contribution is 5.22. The molecular weight excluding hydrogens is 208 g/mol. The fourth-order valence-electron chi connectivity index (χ4n) is 2.50. The fraction of sp³-hybridized carbons (Fsp3) is 0.600. The zero-order valence-corrected chi connectivity index (χ0v) is 11.2. The van der Waals surface area contributed by atoms with Crippen LogP contribution in [0.25, 0.3) is 0 Å². The van der Waals surface area contributed by atoms with E-state index in [1.165, 1.54) is 17.7 Å². The van der Waals surface area contributed by atoms with Gasteiger partial charge in [-0.15, -0.1) is 0 Å². The second kappa shape index (κ2) is 5.65. The highest BCUT2D eigenvalue weighted by Crippen LogP contribution is 2.12. The summed E-state index contributed by atoms with van der Waals surface area (Å²) in [6.45, 7) is 11.3. The molecule has 1 aliphatic rings. The van der Waals surface area contributed by atoms with Crippen molar-refractivity contribution >= 4 is 0 Å². The van der Waals surface area contributed by atoms with Gasteiger partial charge in [-0.2, -0.15) is 0 Å². The fourth-order valence-corrected chi connectivity index (χ4v) is 2.50. The van der Waals surface area contributed by atoms with E-state index in [0.717, 1.165) is 25.6 Å². The maximum atomic E-state index is 3.60. The molecule has 0 saturated carbocycles. The maximum absolute atomic E-state index is 3.60. The van der Waals surface area contributed by atoms with Gasteiger partial charge in [0.15, 0.2) is 0 Å². The van der Waals surface area contributed by atoms with Gasteiger partial charge < -0.3 is 5.32 Å². The van der Waals surface area contributed by atoms with E-state index in [-0.39, 0.29) is 0 Å². The van der Waals surface area contributed by atoms with E-state index in [0.29, 0.717) is 6.04 Å². The lowest BCUT2D eigenvalue weighted by atomic mass is 10.0. The third-order valence-corrected chi connectivity index (χ3v) is 3.58. The van der Waals surface area contributed by atoms with E-state index < -0.39 is 0 Å². The van der Waals surface area contributed by atoms with Crippen molar-refractivity contribution in [1.29, 1.82) is 0 Å². The van der Waals surface area contributed by atoms with Crippen LogP contribution < -0.4 is 5.32 Å². The summed E-state index contributed by atoms with van der Waals surface area (Å²) in [5, 5.41) is 3.60. The summed E-state index contributed by atoms with van der Waals surface area (Å²) in [6.07, 6.45) is 0. The molecule has 1 fully saturated rings. The van der Waals surface area contributed by atoms with Gasteiger partial charge in [-0.1, -0.05) is 43.7 Å². The summed E-state index contributed by atoms with van der Waals surface area (Å²) in [6, 6.07) is 9.50. The van der Waals surface area contributed by atoms with Crippen LogP contribution in [0.4, 0.5) is 0 Å². The minimum atomic E-state index is 0.647. The molecule has 2 heteroatoms. The predicted molar refractivity (Wildman–Crippen MR) is 73.1 cm³/mol. The average Bonchev–Trinajstić information content (AvgIpc) is 2.29. The van der Waals surface area contributed by atoms with E-state index in [2.05, 4.69) is 55.3 Å². The molecule has 1 saturated heterocycles. The lowest BCUT2D eigenvalue weighted by Gasteiger charge is -2.35. The van der Waals surface area contributed by atoms with Crippen molar-refractivity contribution in [3.8, 4) is 0 Å². The molecule has 2 nitrogen and oxygen atoms in total. The average molecular weight is 232 g/mol. The van der Waals surface area contributed by atoms with Gasteiger partial charge >= 0.3 is 0 Å². The van der Waals surface area contributed by atoms with Crippen LogP contribution in [-0.2, 0) is 6.54 Å². The molecule has 0 aliphatic carbocycles. The Morgan fingerprint density at radius 1 is 1.41 bits per heavy atom. The molecule has 1 aliphatic heterocycles. The number of hydrogen-bond donors (Lipinski definition) is 1. The number of piperazine rings is 1. The zero-order valence-electron chi connectivity index (χ0n) is 11.2. The molecule has 1 N–H and O–H groups in total. The SMILES string of the molecule is Cc1cccc(CN2CCNC(C(C)C)C2)c1. The van der Waals surface area contributed by atoms with Crippen molar-refractivity contribution in [2.24, 2.45) is 5.92 Å². The van der Waals surface area contributed by atoms with Crippen LogP contribution in [0, 0.1) is 12.8 Å². The topological polar surface area (TPSA) is 15.3 Å². The molecule has 17 heavy (non-hydrogen) atoms. The van der Waals surface area contributed by atoms with Crippen molar-refractivity contribution < 1.29 is 0 Å². The standard InChI is InChI=1S/C15H24N2/c1-12(2)15-11-17(8-7-16-15)10-14-6-4-5-13(3)9-14/h4-6,9,12,15-16H,7-8,10-11H2,1-3H3. The highest BCUT2D eigenvalue weighted by atomic mass is 15.2. The summed E-state index contributed by atoms with van der Waals surface area (Å²) in [5.41, 5.74) is 2.80. The Hall–Kier alpha value is -0.860. The van der Waals surface area contributed by atoms with Crippen molar-refractivity contribution in [3.05, 3.63) is 35.4 Å². The van der Waals surface area contributed by atoms with Gasteiger partial charge in [-0.25, -0.2) is 0 Å². The van der Waals surface area contributed by atoms with Crippen molar-refractivity contribution in [1.82, 2.24) is 10.2 Å². The molecule has 0 spiro atoms. The first-order valence-corrected chi connectivity index (χ1v) is 6.66. The molecule has 1 unspecified atom stereocenters. The summed E-state index contributed by atoms with van der Waals surface area (Å²) in [4.78, 5) is 2.57. The largest absolute Gasteiger partial charge is 0.311 e. The molecule has 1 heterocycles. The van der Waals surface area contributed by atoms with Crippen LogP contribution in [0.15, 0.2) is 24.3 Å². The molecule has 0 radical (unpaired) electrons. The normalized spacial score (nSPS) is 22.0. The lowest BCUT2D eigenvalue weighted by molar-refractivity contribution is 0.168. The van der Waals surface area contributed by atoms with Gasteiger partial charge in [0, 0.05) is 32.2 Å². The summed E-state index contributed by atoms with van der Waals surface area (Å²) in [5.74, 6) is 0.718. The van der Waals surface area contributed by atoms with Crippen LogP contribution >= 0.6 is 0 Å². The maximum Gasteiger partial charge on any atom is 0.0235 e. The first-order chi connectivity index (χ1) is 8.15. The molecule has 1 aromatic carbocycles. The number of benzene rings is 1.